The maximum Gasteiger partial charge on any atom is 0.406 e. The zero-order valence-corrected chi connectivity index (χ0v) is 13.1. The summed E-state index contributed by atoms with van der Waals surface area (Å²) in [6.07, 6.45) is 1.29. The van der Waals surface area contributed by atoms with Crippen LogP contribution >= 0.6 is 11.6 Å². The van der Waals surface area contributed by atoms with Crippen LogP contribution in [0, 0.1) is 10.1 Å². The number of likely N-dealkylation sites (N-methyl/N-ethyl adjacent to an activating group) is 1. The second kappa shape index (κ2) is 7.55. The molecule has 0 saturated heterocycles. The normalized spacial score (nSPS) is 10.2. The minimum atomic E-state index is -0.657. The number of rotatable bonds is 6. The maximum atomic E-state index is 12.1. The Balaban J connectivity index is 1.95. The SMILES string of the molecule is CN(Cc1cccc(Cl)c1)C(=O)COc1cccnc1[N+](=O)[O-]. The van der Waals surface area contributed by atoms with Gasteiger partial charge in [-0.1, -0.05) is 23.7 Å². The molecule has 0 unspecified atom stereocenters. The lowest BCUT2D eigenvalue weighted by Gasteiger charge is -2.17. The van der Waals surface area contributed by atoms with Crippen molar-refractivity contribution >= 4 is 23.3 Å². The number of nitrogens with zero attached hydrogens (tertiary/aromatic N) is 3. The van der Waals surface area contributed by atoms with Crippen LogP contribution in [-0.4, -0.2) is 34.4 Å². The Bertz CT molecular complexity index is 723. The van der Waals surface area contributed by atoms with Crippen LogP contribution in [-0.2, 0) is 11.3 Å². The van der Waals surface area contributed by atoms with Crippen molar-refractivity contribution in [1.29, 1.82) is 0 Å². The number of benzene rings is 1. The number of ether oxygens (including phenoxy) is 1. The number of hydrogen-bond acceptors (Lipinski definition) is 5. The molecule has 0 atom stereocenters. The van der Waals surface area contributed by atoms with Gasteiger partial charge in [-0.15, -0.1) is 0 Å². The fourth-order valence-electron chi connectivity index (χ4n) is 1.88. The molecule has 0 fully saturated rings. The third-order valence-electron chi connectivity index (χ3n) is 3.01. The molecule has 1 aromatic heterocycles. The molecule has 0 radical (unpaired) electrons. The smallest absolute Gasteiger partial charge is 0.406 e. The van der Waals surface area contributed by atoms with Crippen LogP contribution in [0.4, 0.5) is 5.82 Å². The lowest BCUT2D eigenvalue weighted by molar-refractivity contribution is -0.390. The number of hydrogen-bond donors (Lipinski definition) is 0. The van der Waals surface area contributed by atoms with Gasteiger partial charge in [0.25, 0.3) is 5.91 Å². The van der Waals surface area contributed by atoms with Crippen molar-refractivity contribution in [3.63, 3.8) is 0 Å². The number of carbonyl (C=O) groups is 1. The van der Waals surface area contributed by atoms with Crippen molar-refractivity contribution in [2.24, 2.45) is 0 Å². The lowest BCUT2D eigenvalue weighted by Crippen LogP contribution is -2.31. The van der Waals surface area contributed by atoms with Gasteiger partial charge in [0.1, 0.15) is 6.20 Å². The summed E-state index contributed by atoms with van der Waals surface area (Å²) in [6.45, 7) is 0.0431. The molecule has 2 aromatic rings. The van der Waals surface area contributed by atoms with E-state index in [0.29, 0.717) is 11.6 Å². The van der Waals surface area contributed by atoms with Gasteiger partial charge in [0.15, 0.2) is 6.61 Å². The predicted molar refractivity (Wildman–Crippen MR) is 84.3 cm³/mol. The Morgan fingerprint density at radius 1 is 1.39 bits per heavy atom. The van der Waals surface area contributed by atoms with Crippen LogP contribution in [0.3, 0.4) is 0 Å². The van der Waals surface area contributed by atoms with Gasteiger partial charge in [0.05, 0.1) is 0 Å². The highest BCUT2D eigenvalue weighted by molar-refractivity contribution is 6.30. The lowest BCUT2D eigenvalue weighted by atomic mass is 10.2. The Morgan fingerprint density at radius 2 is 2.17 bits per heavy atom. The monoisotopic (exact) mass is 335 g/mol. The molecule has 0 aliphatic heterocycles. The molecule has 23 heavy (non-hydrogen) atoms. The molecule has 1 aromatic carbocycles. The number of halogens is 1. The fourth-order valence-corrected chi connectivity index (χ4v) is 2.09. The first-order valence-electron chi connectivity index (χ1n) is 6.68. The van der Waals surface area contributed by atoms with E-state index in [1.54, 1.807) is 25.2 Å². The van der Waals surface area contributed by atoms with E-state index in [-0.39, 0.29) is 18.3 Å². The molecule has 0 bridgehead atoms. The van der Waals surface area contributed by atoms with Crippen molar-refractivity contribution in [3.05, 3.63) is 63.3 Å². The van der Waals surface area contributed by atoms with Crippen molar-refractivity contribution in [2.45, 2.75) is 6.54 Å². The van der Waals surface area contributed by atoms with Crippen molar-refractivity contribution in [2.75, 3.05) is 13.7 Å². The second-order valence-corrected chi connectivity index (χ2v) is 5.19. The number of nitro groups is 1. The molecule has 8 heteroatoms. The van der Waals surface area contributed by atoms with Crippen LogP contribution in [0.1, 0.15) is 5.56 Å². The summed E-state index contributed by atoms with van der Waals surface area (Å²) in [6, 6.07) is 10.1. The zero-order chi connectivity index (χ0) is 16.8. The van der Waals surface area contributed by atoms with E-state index in [0.717, 1.165) is 5.56 Å². The number of pyridine rings is 1. The Labute approximate surface area is 137 Å². The highest BCUT2D eigenvalue weighted by Gasteiger charge is 2.18. The molecule has 2 rings (SSSR count). The van der Waals surface area contributed by atoms with Gasteiger partial charge < -0.3 is 19.8 Å². The van der Waals surface area contributed by atoms with E-state index in [2.05, 4.69) is 4.98 Å². The Morgan fingerprint density at radius 3 is 2.87 bits per heavy atom. The van der Waals surface area contributed by atoms with Gasteiger partial charge >= 0.3 is 5.82 Å². The van der Waals surface area contributed by atoms with E-state index in [9.17, 15) is 14.9 Å². The Kier molecular flexibility index (Phi) is 5.48. The molecule has 0 aliphatic carbocycles. The van der Waals surface area contributed by atoms with Crippen molar-refractivity contribution in [1.82, 2.24) is 9.88 Å². The molecular weight excluding hydrogens is 322 g/mol. The number of carbonyl (C=O) groups excluding carboxylic acids is 1. The van der Waals surface area contributed by atoms with Crippen molar-refractivity contribution < 1.29 is 14.5 Å². The summed E-state index contributed by atoms with van der Waals surface area (Å²) in [7, 11) is 1.62. The van der Waals surface area contributed by atoms with Crippen LogP contribution in [0.15, 0.2) is 42.6 Å². The molecule has 0 aliphatic rings. The first-order valence-corrected chi connectivity index (χ1v) is 7.06. The van der Waals surface area contributed by atoms with E-state index < -0.39 is 10.7 Å². The molecule has 120 valence electrons. The summed E-state index contributed by atoms with van der Waals surface area (Å²) in [5.74, 6) is -0.775. The van der Waals surface area contributed by atoms with Gasteiger partial charge in [-0.3, -0.25) is 4.79 Å². The Hall–Kier alpha value is -2.67. The molecule has 0 saturated carbocycles. The first-order chi connectivity index (χ1) is 11.0. The summed E-state index contributed by atoms with van der Waals surface area (Å²) >= 11 is 5.90. The van der Waals surface area contributed by atoms with E-state index >= 15 is 0 Å². The summed E-state index contributed by atoms with van der Waals surface area (Å²) in [5.41, 5.74) is 0.876. The molecule has 0 spiro atoms. The van der Waals surface area contributed by atoms with Crippen LogP contribution in [0.5, 0.6) is 5.75 Å². The van der Waals surface area contributed by atoms with E-state index in [4.69, 9.17) is 16.3 Å². The number of amides is 1. The minimum Gasteiger partial charge on any atom is -0.476 e. The second-order valence-electron chi connectivity index (χ2n) is 4.75. The van der Waals surface area contributed by atoms with Gasteiger partial charge in [-0.25, -0.2) is 0 Å². The fraction of sp³-hybridized carbons (Fsp3) is 0.200. The quantitative estimate of drug-likeness (QED) is 0.598. The minimum absolute atomic E-state index is 0.0398. The predicted octanol–water partition coefficient (Wildman–Crippen LogP) is 2.68. The highest BCUT2D eigenvalue weighted by Crippen LogP contribution is 2.22. The average Bonchev–Trinajstić information content (AvgIpc) is 2.52. The molecule has 1 amide bonds. The molecule has 7 nitrogen and oxygen atoms in total. The number of aromatic nitrogens is 1. The third kappa shape index (κ3) is 4.65. The van der Waals surface area contributed by atoms with Gasteiger partial charge in [-0.2, -0.15) is 0 Å². The van der Waals surface area contributed by atoms with Gasteiger partial charge in [-0.05, 0) is 39.7 Å². The van der Waals surface area contributed by atoms with E-state index in [1.807, 2.05) is 6.07 Å². The largest absolute Gasteiger partial charge is 0.476 e. The summed E-state index contributed by atoms with van der Waals surface area (Å²) < 4.78 is 5.22. The molecule has 1 heterocycles. The van der Waals surface area contributed by atoms with E-state index in [1.165, 1.54) is 23.2 Å². The van der Waals surface area contributed by atoms with Crippen LogP contribution in [0.2, 0.25) is 5.02 Å². The summed E-state index contributed by atoms with van der Waals surface area (Å²) in [4.78, 5) is 27.3. The average molecular weight is 336 g/mol. The first kappa shape index (κ1) is 16.7. The maximum absolute atomic E-state index is 12.1. The topological polar surface area (TPSA) is 85.6 Å². The van der Waals surface area contributed by atoms with Gasteiger partial charge in [0, 0.05) is 18.6 Å². The van der Waals surface area contributed by atoms with Gasteiger partial charge in [0.2, 0.25) is 5.75 Å². The zero-order valence-electron chi connectivity index (χ0n) is 12.3. The van der Waals surface area contributed by atoms with Crippen LogP contribution < -0.4 is 4.74 Å². The highest BCUT2D eigenvalue weighted by atomic mass is 35.5. The third-order valence-corrected chi connectivity index (χ3v) is 3.24. The standard InChI is InChI=1S/C15H14ClN3O4/c1-18(9-11-4-2-5-12(16)8-11)14(20)10-23-13-6-3-7-17-15(13)19(21)22/h2-8H,9-10H2,1H3. The van der Waals surface area contributed by atoms with Crippen LogP contribution in [0.25, 0.3) is 0 Å². The van der Waals surface area contributed by atoms with Crippen molar-refractivity contribution in [3.8, 4) is 5.75 Å². The molecule has 0 N–H and O–H groups in total. The summed E-state index contributed by atoms with van der Waals surface area (Å²) in [5, 5.41) is 11.4. The molecular formula is C15H14ClN3O4.